The van der Waals surface area contributed by atoms with Gasteiger partial charge in [0.1, 0.15) is 0 Å². The first-order chi connectivity index (χ1) is 13.1. The monoisotopic (exact) mass is 473 g/mol. The van der Waals surface area contributed by atoms with Crippen LogP contribution in [0, 0.1) is 13.8 Å². The second kappa shape index (κ2) is 7.70. The fourth-order valence-corrected chi connectivity index (χ4v) is 3.53. The van der Waals surface area contributed by atoms with Crippen molar-refractivity contribution in [1.29, 1.82) is 0 Å². The van der Waals surface area contributed by atoms with Gasteiger partial charge in [0, 0.05) is 27.1 Å². The van der Waals surface area contributed by atoms with Crippen LogP contribution in [0.25, 0.3) is 5.78 Å². The third-order valence-corrected chi connectivity index (χ3v) is 5.33. The van der Waals surface area contributed by atoms with Gasteiger partial charge in [-0.1, -0.05) is 27.7 Å². The Balaban J connectivity index is 1.86. The van der Waals surface area contributed by atoms with E-state index in [9.17, 15) is 18.0 Å². The highest BCUT2D eigenvalue weighted by Gasteiger charge is 2.33. The van der Waals surface area contributed by atoms with Gasteiger partial charge in [-0.2, -0.15) is 18.2 Å². The van der Waals surface area contributed by atoms with Crippen molar-refractivity contribution in [3.63, 3.8) is 0 Å². The zero-order valence-corrected chi connectivity index (χ0v) is 17.5. The first kappa shape index (κ1) is 20.6. The van der Waals surface area contributed by atoms with Crippen molar-refractivity contribution < 1.29 is 18.0 Å². The Kier molecular flexibility index (Phi) is 5.67. The van der Waals surface area contributed by atoms with E-state index < -0.39 is 17.6 Å². The maximum Gasteiger partial charge on any atom is 0.417 e. The molecule has 0 fully saturated rings. The molecule has 0 unspecified atom stereocenters. The second-order valence-electron chi connectivity index (χ2n) is 5.99. The highest BCUT2D eigenvalue weighted by molar-refractivity contribution is 9.10. The fourth-order valence-electron chi connectivity index (χ4n) is 2.72. The summed E-state index contributed by atoms with van der Waals surface area (Å²) in [4.78, 5) is 21.1. The molecule has 3 rings (SSSR count). The van der Waals surface area contributed by atoms with E-state index in [0.717, 1.165) is 6.07 Å². The summed E-state index contributed by atoms with van der Waals surface area (Å²) in [5, 5.41) is 7.39. The first-order valence-corrected chi connectivity index (χ1v) is 10.1. The molecule has 0 spiro atoms. The van der Waals surface area contributed by atoms with Crippen LogP contribution in [0.5, 0.6) is 0 Å². The number of amides is 1. The molecule has 0 aliphatic rings. The molecule has 0 radical (unpaired) electrons. The Labute approximate surface area is 171 Å². The number of anilines is 1. The van der Waals surface area contributed by atoms with Gasteiger partial charge in [-0.05, 0) is 38.3 Å². The maximum absolute atomic E-state index is 13.0. The largest absolute Gasteiger partial charge is 0.417 e. The molecule has 0 bridgehead atoms. The molecule has 11 heteroatoms. The molecular formula is C17H15BrF3N5OS. The summed E-state index contributed by atoms with van der Waals surface area (Å²) in [6, 6.07) is 3.55. The standard InChI is InChI=1S/C17H15BrF3N5OS/c1-8-11(9(2)26-15(22-8)24-16(25-26)28-3)7-14(27)23-10-4-5-13(18)12(6-10)17(19,20)21/h4-6H,7H2,1-3H3,(H,23,27). The molecule has 3 aromatic rings. The van der Waals surface area contributed by atoms with Crippen LogP contribution in [0.2, 0.25) is 0 Å². The van der Waals surface area contributed by atoms with Gasteiger partial charge < -0.3 is 5.32 Å². The van der Waals surface area contributed by atoms with Crippen molar-refractivity contribution in [3.8, 4) is 0 Å². The van der Waals surface area contributed by atoms with Gasteiger partial charge in [0.05, 0.1) is 12.0 Å². The summed E-state index contributed by atoms with van der Waals surface area (Å²) in [6.07, 6.45) is -2.73. The molecule has 0 aliphatic carbocycles. The van der Waals surface area contributed by atoms with Gasteiger partial charge >= 0.3 is 6.18 Å². The number of rotatable bonds is 4. The van der Waals surface area contributed by atoms with Crippen molar-refractivity contribution in [2.45, 2.75) is 31.6 Å². The molecule has 0 saturated carbocycles. The lowest BCUT2D eigenvalue weighted by Crippen LogP contribution is -2.18. The molecule has 2 aromatic heterocycles. The number of hydrogen-bond acceptors (Lipinski definition) is 5. The Morgan fingerprint density at radius 3 is 2.64 bits per heavy atom. The van der Waals surface area contributed by atoms with E-state index in [4.69, 9.17) is 0 Å². The van der Waals surface area contributed by atoms with Gasteiger partial charge in [0.2, 0.25) is 11.1 Å². The van der Waals surface area contributed by atoms with Crippen LogP contribution in [0.4, 0.5) is 18.9 Å². The number of aryl methyl sites for hydroxylation is 2. The highest BCUT2D eigenvalue weighted by atomic mass is 79.9. The Morgan fingerprint density at radius 1 is 1.29 bits per heavy atom. The van der Waals surface area contributed by atoms with Crippen LogP contribution in [0.1, 0.15) is 22.5 Å². The summed E-state index contributed by atoms with van der Waals surface area (Å²) >= 11 is 4.25. The average Bonchev–Trinajstić information content (AvgIpc) is 3.02. The summed E-state index contributed by atoms with van der Waals surface area (Å²) in [7, 11) is 0. The van der Waals surface area contributed by atoms with Gasteiger partial charge in [-0.25, -0.2) is 9.50 Å². The second-order valence-corrected chi connectivity index (χ2v) is 7.62. The zero-order chi connectivity index (χ0) is 20.6. The van der Waals surface area contributed by atoms with E-state index in [1.54, 1.807) is 18.4 Å². The number of alkyl halides is 3. The van der Waals surface area contributed by atoms with Crippen LogP contribution < -0.4 is 5.32 Å². The Hall–Kier alpha value is -2.14. The average molecular weight is 474 g/mol. The van der Waals surface area contributed by atoms with Gasteiger partial charge in [-0.15, -0.1) is 5.10 Å². The third-order valence-electron chi connectivity index (χ3n) is 4.10. The minimum Gasteiger partial charge on any atom is -0.326 e. The molecule has 1 amide bonds. The minimum absolute atomic E-state index is 0.0491. The van der Waals surface area contributed by atoms with E-state index in [1.165, 1.54) is 23.9 Å². The minimum atomic E-state index is -4.52. The molecule has 1 N–H and O–H groups in total. The number of carbonyl (C=O) groups excluding carboxylic acids is 1. The van der Waals surface area contributed by atoms with Crippen LogP contribution in [-0.4, -0.2) is 31.7 Å². The lowest BCUT2D eigenvalue weighted by atomic mass is 10.1. The number of thioether (sulfide) groups is 1. The topological polar surface area (TPSA) is 72.2 Å². The summed E-state index contributed by atoms with van der Waals surface area (Å²) in [5.41, 5.74) is 1.18. The molecule has 0 atom stereocenters. The van der Waals surface area contributed by atoms with Crippen LogP contribution in [0.15, 0.2) is 27.8 Å². The summed E-state index contributed by atoms with van der Waals surface area (Å²) in [5.74, 6) is -0.0146. The number of benzene rings is 1. The van der Waals surface area contributed by atoms with Gasteiger partial charge in [0.25, 0.3) is 5.78 Å². The van der Waals surface area contributed by atoms with Crippen LogP contribution in [0.3, 0.4) is 0 Å². The highest BCUT2D eigenvalue weighted by Crippen LogP contribution is 2.36. The number of halogens is 4. The first-order valence-electron chi connectivity index (χ1n) is 8.03. The number of nitrogens with one attached hydrogen (secondary N) is 1. The van der Waals surface area contributed by atoms with E-state index in [-0.39, 0.29) is 16.6 Å². The number of hydrogen-bond donors (Lipinski definition) is 1. The quantitative estimate of drug-likeness (QED) is 0.567. The van der Waals surface area contributed by atoms with Crippen molar-refractivity contribution in [1.82, 2.24) is 19.6 Å². The van der Waals surface area contributed by atoms with Crippen molar-refractivity contribution in [2.75, 3.05) is 11.6 Å². The molecule has 1 aromatic carbocycles. The Morgan fingerprint density at radius 2 is 2.00 bits per heavy atom. The molecular weight excluding hydrogens is 459 g/mol. The predicted molar refractivity (Wildman–Crippen MR) is 104 cm³/mol. The van der Waals surface area contributed by atoms with Crippen molar-refractivity contribution in [2.24, 2.45) is 0 Å². The van der Waals surface area contributed by atoms with Crippen LogP contribution >= 0.6 is 27.7 Å². The summed E-state index contributed by atoms with van der Waals surface area (Å²) < 4.78 is 40.6. The molecule has 0 aliphatic heterocycles. The number of aromatic nitrogens is 4. The Bertz CT molecular complexity index is 1070. The lowest BCUT2D eigenvalue weighted by molar-refractivity contribution is -0.138. The lowest BCUT2D eigenvalue weighted by Gasteiger charge is -2.13. The predicted octanol–water partition coefficient (Wildman–Crippen LogP) is 4.43. The molecule has 6 nitrogen and oxygen atoms in total. The smallest absolute Gasteiger partial charge is 0.326 e. The van der Waals surface area contributed by atoms with Gasteiger partial charge in [0.15, 0.2) is 0 Å². The van der Waals surface area contributed by atoms with Crippen molar-refractivity contribution in [3.05, 3.63) is 45.2 Å². The van der Waals surface area contributed by atoms with E-state index in [2.05, 4.69) is 36.3 Å². The fraction of sp³-hybridized carbons (Fsp3) is 0.294. The normalized spacial score (nSPS) is 11.8. The summed E-state index contributed by atoms with van der Waals surface area (Å²) in [6.45, 7) is 3.55. The number of nitrogens with zero attached hydrogens (tertiary/aromatic N) is 4. The van der Waals surface area contributed by atoms with Crippen LogP contribution in [-0.2, 0) is 17.4 Å². The molecule has 28 heavy (non-hydrogen) atoms. The molecule has 0 saturated heterocycles. The van der Waals surface area contributed by atoms with E-state index >= 15 is 0 Å². The van der Waals surface area contributed by atoms with Crippen molar-refractivity contribution >= 4 is 45.1 Å². The van der Waals surface area contributed by atoms with E-state index in [1.807, 2.05) is 6.26 Å². The third kappa shape index (κ3) is 4.14. The number of fused-ring (bicyclic) bond motifs is 1. The molecule has 148 valence electrons. The van der Waals surface area contributed by atoms with Gasteiger partial charge in [-0.3, -0.25) is 4.79 Å². The van der Waals surface area contributed by atoms with E-state index in [0.29, 0.717) is 27.9 Å². The molecule has 2 heterocycles. The SMILES string of the molecule is CSc1nc2nc(C)c(CC(=O)Nc3ccc(Br)c(C(F)(F)F)c3)c(C)n2n1. The number of carbonyl (C=O) groups is 1. The maximum atomic E-state index is 13.0. The zero-order valence-electron chi connectivity index (χ0n) is 15.1.